The quantitative estimate of drug-likeness (QED) is 0.418. The minimum atomic E-state index is -0.476. The zero-order valence-electron chi connectivity index (χ0n) is 9.99. The molecule has 98 valence electrons. The molecule has 0 radical (unpaired) electrons. The number of anilines is 1. The van der Waals surface area contributed by atoms with Crippen LogP contribution < -0.4 is 11.2 Å². The Morgan fingerprint density at radius 3 is 2.63 bits per heavy atom. The third-order valence-corrected chi connectivity index (χ3v) is 2.53. The van der Waals surface area contributed by atoms with Gasteiger partial charge in [-0.2, -0.15) is 15.2 Å². The van der Waals surface area contributed by atoms with Crippen molar-refractivity contribution in [3.05, 3.63) is 24.3 Å². The van der Waals surface area contributed by atoms with Crippen molar-refractivity contribution in [3.8, 4) is 5.75 Å². The molecule has 1 amide bonds. The summed E-state index contributed by atoms with van der Waals surface area (Å²) >= 11 is 4.70. The third kappa shape index (κ3) is 2.68. The van der Waals surface area contributed by atoms with Crippen LogP contribution in [0.5, 0.6) is 5.75 Å². The van der Waals surface area contributed by atoms with E-state index in [-0.39, 0.29) is 16.6 Å². The molecule has 1 heterocycles. The van der Waals surface area contributed by atoms with Crippen LogP contribution >= 0.6 is 12.2 Å². The van der Waals surface area contributed by atoms with Crippen molar-refractivity contribution in [1.29, 1.82) is 0 Å². The van der Waals surface area contributed by atoms with Gasteiger partial charge >= 0.3 is 5.91 Å². The number of carbonyl (C=O) groups excluding carboxylic acids is 1. The molecule has 1 aromatic rings. The molecular weight excluding hydrogens is 266 g/mol. The summed E-state index contributed by atoms with van der Waals surface area (Å²) in [4.78, 5) is 11.9. The van der Waals surface area contributed by atoms with Crippen molar-refractivity contribution in [2.75, 3.05) is 5.43 Å². The number of amides is 1. The van der Waals surface area contributed by atoms with Gasteiger partial charge in [0.15, 0.2) is 10.8 Å². The molecule has 8 heteroatoms. The molecule has 19 heavy (non-hydrogen) atoms. The second kappa shape index (κ2) is 5.02. The highest BCUT2D eigenvalue weighted by molar-refractivity contribution is 7.80. The first-order valence-electron chi connectivity index (χ1n) is 5.31. The summed E-state index contributed by atoms with van der Waals surface area (Å²) in [5, 5.41) is 17.8. The van der Waals surface area contributed by atoms with Crippen molar-refractivity contribution >= 4 is 40.3 Å². The summed E-state index contributed by atoms with van der Waals surface area (Å²) in [5.41, 5.74) is 9.25. The minimum Gasteiger partial charge on any atom is -0.508 e. The Labute approximate surface area is 114 Å². The molecular formula is C11H11N5O2S. The summed E-state index contributed by atoms with van der Waals surface area (Å²) in [6.45, 7) is 1.63. The number of rotatable bonds is 2. The number of nitrogens with zero attached hydrogens (tertiary/aromatic N) is 3. The Kier molecular flexibility index (Phi) is 3.43. The predicted octanol–water partition coefficient (Wildman–Crippen LogP) is 0.622. The molecule has 0 aliphatic carbocycles. The third-order valence-electron chi connectivity index (χ3n) is 2.36. The highest BCUT2D eigenvalue weighted by atomic mass is 32.1. The van der Waals surface area contributed by atoms with E-state index < -0.39 is 5.91 Å². The lowest BCUT2D eigenvalue weighted by atomic mass is 10.2. The largest absolute Gasteiger partial charge is 0.508 e. The summed E-state index contributed by atoms with van der Waals surface area (Å²) in [6, 6.07) is 6.25. The molecule has 7 nitrogen and oxygen atoms in total. The second-order valence-electron chi connectivity index (χ2n) is 3.76. The van der Waals surface area contributed by atoms with E-state index in [0.29, 0.717) is 11.4 Å². The second-order valence-corrected chi connectivity index (χ2v) is 4.18. The van der Waals surface area contributed by atoms with Gasteiger partial charge < -0.3 is 10.8 Å². The van der Waals surface area contributed by atoms with Crippen LogP contribution in [0.15, 0.2) is 34.5 Å². The van der Waals surface area contributed by atoms with Gasteiger partial charge in [0.2, 0.25) is 0 Å². The van der Waals surface area contributed by atoms with Crippen molar-refractivity contribution in [1.82, 2.24) is 5.01 Å². The topological polar surface area (TPSA) is 103 Å². The van der Waals surface area contributed by atoms with E-state index in [1.807, 2.05) is 0 Å². The molecule has 0 saturated heterocycles. The van der Waals surface area contributed by atoms with Gasteiger partial charge in [0.25, 0.3) is 0 Å². The zero-order chi connectivity index (χ0) is 14.0. The molecule has 0 saturated carbocycles. The van der Waals surface area contributed by atoms with Gasteiger partial charge in [-0.15, -0.1) is 0 Å². The van der Waals surface area contributed by atoms with Crippen molar-refractivity contribution in [2.24, 2.45) is 15.9 Å². The van der Waals surface area contributed by atoms with Gasteiger partial charge in [-0.1, -0.05) is 0 Å². The van der Waals surface area contributed by atoms with Gasteiger partial charge in [-0.05, 0) is 43.4 Å². The first-order chi connectivity index (χ1) is 8.99. The van der Waals surface area contributed by atoms with E-state index in [2.05, 4.69) is 15.6 Å². The maximum absolute atomic E-state index is 11.9. The molecule has 1 aliphatic heterocycles. The van der Waals surface area contributed by atoms with Crippen LogP contribution in [0.1, 0.15) is 6.92 Å². The number of aromatic hydroxyl groups is 1. The van der Waals surface area contributed by atoms with E-state index in [4.69, 9.17) is 23.1 Å². The fourth-order valence-electron chi connectivity index (χ4n) is 1.43. The molecule has 4 N–H and O–H groups in total. The molecule has 0 unspecified atom stereocenters. The number of carbonyl (C=O) groups is 1. The van der Waals surface area contributed by atoms with Crippen molar-refractivity contribution in [2.45, 2.75) is 6.92 Å². The average Bonchev–Trinajstić information content (AvgIpc) is 2.65. The molecule has 0 aromatic heterocycles. The van der Waals surface area contributed by atoms with E-state index in [1.165, 1.54) is 12.1 Å². The predicted molar refractivity (Wildman–Crippen MR) is 75.9 cm³/mol. The fraction of sp³-hybridized carbons (Fsp3) is 0.0909. The van der Waals surface area contributed by atoms with Gasteiger partial charge in [-0.25, -0.2) is 0 Å². The van der Waals surface area contributed by atoms with Crippen LogP contribution in [0, 0.1) is 0 Å². The first kappa shape index (κ1) is 13.0. The lowest BCUT2D eigenvalue weighted by Crippen LogP contribution is -2.36. The number of thiocarbonyl (C=S) groups is 1. The smallest absolute Gasteiger partial charge is 0.303 e. The van der Waals surface area contributed by atoms with E-state index in [1.54, 1.807) is 19.1 Å². The Hall–Kier alpha value is -2.48. The van der Waals surface area contributed by atoms with Crippen LogP contribution in [0.4, 0.5) is 5.69 Å². The Bertz CT molecular complexity index is 594. The lowest BCUT2D eigenvalue weighted by molar-refractivity contribution is -0.119. The summed E-state index contributed by atoms with van der Waals surface area (Å²) in [7, 11) is 0. The number of phenolic OH excluding ortho intramolecular Hbond substituents is 1. The summed E-state index contributed by atoms with van der Waals surface area (Å²) < 4.78 is 0. The zero-order valence-corrected chi connectivity index (χ0v) is 10.8. The van der Waals surface area contributed by atoms with Crippen LogP contribution in [0.2, 0.25) is 0 Å². The number of benzene rings is 1. The SMILES string of the molecule is CC1=NN(C(N)=S)C(=O)/C1=N/Nc1ccc(O)cc1. The molecule has 0 atom stereocenters. The highest BCUT2D eigenvalue weighted by Crippen LogP contribution is 2.14. The van der Waals surface area contributed by atoms with Crippen LogP contribution in [0.3, 0.4) is 0 Å². The molecule has 0 bridgehead atoms. The summed E-state index contributed by atoms with van der Waals surface area (Å²) in [5.74, 6) is -0.330. The lowest BCUT2D eigenvalue weighted by Gasteiger charge is -2.07. The standard InChI is InChI=1S/C11H11N5O2S/c1-6-9(10(18)16(15-6)11(12)19)14-13-7-2-4-8(17)5-3-7/h2-5,13,17H,1H3,(H2,12,19)/b14-9+. The number of nitrogens with one attached hydrogen (secondary N) is 1. The van der Waals surface area contributed by atoms with Crippen molar-refractivity contribution in [3.63, 3.8) is 0 Å². The van der Waals surface area contributed by atoms with Gasteiger partial charge in [0.1, 0.15) is 5.75 Å². The number of hydrogen-bond acceptors (Lipinski definition) is 6. The van der Waals surface area contributed by atoms with Crippen LogP contribution in [0.25, 0.3) is 0 Å². The molecule has 1 aromatic carbocycles. The molecule has 2 rings (SSSR count). The highest BCUT2D eigenvalue weighted by Gasteiger charge is 2.31. The van der Waals surface area contributed by atoms with E-state index >= 15 is 0 Å². The van der Waals surface area contributed by atoms with E-state index in [0.717, 1.165) is 5.01 Å². The number of hydrogen-bond donors (Lipinski definition) is 3. The number of hydrazone groups is 2. The Morgan fingerprint density at radius 1 is 1.47 bits per heavy atom. The number of phenols is 1. The first-order valence-corrected chi connectivity index (χ1v) is 5.72. The minimum absolute atomic E-state index is 0.126. The van der Waals surface area contributed by atoms with Crippen molar-refractivity contribution < 1.29 is 9.90 Å². The van der Waals surface area contributed by atoms with Gasteiger partial charge in [0, 0.05) is 0 Å². The summed E-state index contributed by atoms with van der Waals surface area (Å²) in [6.07, 6.45) is 0. The fourth-order valence-corrected chi connectivity index (χ4v) is 1.56. The Balaban J connectivity index is 2.16. The molecule has 1 aliphatic rings. The van der Waals surface area contributed by atoms with Crippen LogP contribution in [-0.4, -0.2) is 32.6 Å². The van der Waals surface area contributed by atoms with E-state index in [9.17, 15) is 4.79 Å². The molecule has 0 fully saturated rings. The van der Waals surface area contributed by atoms with Crippen LogP contribution in [-0.2, 0) is 4.79 Å². The average molecular weight is 277 g/mol. The maximum atomic E-state index is 11.9. The monoisotopic (exact) mass is 277 g/mol. The normalized spacial score (nSPS) is 16.7. The maximum Gasteiger partial charge on any atom is 0.303 e. The van der Waals surface area contributed by atoms with Gasteiger partial charge in [0.05, 0.1) is 11.4 Å². The Morgan fingerprint density at radius 2 is 2.11 bits per heavy atom. The van der Waals surface area contributed by atoms with Gasteiger partial charge in [-0.3, -0.25) is 10.2 Å². The number of nitrogens with two attached hydrogens (primary N) is 1. The molecule has 0 spiro atoms.